The Balaban J connectivity index is 1.50. The maximum Gasteiger partial charge on any atom is 0.293 e. The van der Waals surface area contributed by atoms with Gasteiger partial charge in [0.2, 0.25) is 5.89 Å². The van der Waals surface area contributed by atoms with Crippen molar-refractivity contribution in [3.8, 4) is 17.2 Å². The van der Waals surface area contributed by atoms with Gasteiger partial charge in [0.25, 0.3) is 5.91 Å². The minimum Gasteiger partial charge on any atom is -0.507 e. The third kappa shape index (κ3) is 3.58. The number of fused-ring (bicyclic) bond motifs is 1. The van der Waals surface area contributed by atoms with Crippen LogP contribution in [0.25, 0.3) is 22.6 Å². The molecular formula is C20H15N3O4S. The molecular weight excluding hydrogens is 378 g/mol. The number of aryl methyl sites for hydroxylation is 1. The first-order chi connectivity index (χ1) is 13.5. The van der Waals surface area contributed by atoms with Crippen LogP contribution in [0.15, 0.2) is 63.6 Å². The summed E-state index contributed by atoms with van der Waals surface area (Å²) in [6.45, 7) is 1.97. The van der Waals surface area contributed by atoms with Crippen LogP contribution in [-0.2, 0) is 0 Å². The standard InChI is InChI=1S/C20H15N3O4S/c1-11-4-7-14-17(9-11)27-19(22-14)13-6-5-12(10-15(13)24)21-20(28)23-18(25)16-3-2-8-26-16/h2-10,24H,1H3,(H2,21,23,25,28). The van der Waals surface area contributed by atoms with E-state index in [0.717, 1.165) is 5.56 Å². The van der Waals surface area contributed by atoms with E-state index in [-0.39, 0.29) is 16.6 Å². The summed E-state index contributed by atoms with van der Waals surface area (Å²) in [5.74, 6) is -0.0366. The number of phenols is 1. The van der Waals surface area contributed by atoms with E-state index in [2.05, 4.69) is 15.6 Å². The summed E-state index contributed by atoms with van der Waals surface area (Å²) >= 11 is 5.11. The molecule has 2 aromatic carbocycles. The molecule has 1 amide bonds. The summed E-state index contributed by atoms with van der Waals surface area (Å²) < 4.78 is 10.8. The van der Waals surface area contributed by atoms with Gasteiger partial charge < -0.3 is 19.3 Å². The molecule has 0 radical (unpaired) electrons. The number of hydrogen-bond donors (Lipinski definition) is 3. The van der Waals surface area contributed by atoms with Gasteiger partial charge in [-0.25, -0.2) is 4.98 Å². The van der Waals surface area contributed by atoms with Gasteiger partial charge in [0.05, 0.1) is 11.8 Å². The van der Waals surface area contributed by atoms with Crippen molar-refractivity contribution in [1.29, 1.82) is 0 Å². The Labute approximate surface area is 165 Å². The molecule has 2 aromatic heterocycles. The molecule has 0 fully saturated rings. The van der Waals surface area contributed by atoms with Crippen LogP contribution in [0.4, 0.5) is 5.69 Å². The molecule has 0 atom stereocenters. The number of nitrogens with one attached hydrogen (secondary N) is 2. The average Bonchev–Trinajstić information content (AvgIpc) is 3.31. The van der Waals surface area contributed by atoms with Crippen molar-refractivity contribution in [2.75, 3.05) is 5.32 Å². The molecule has 140 valence electrons. The number of carbonyl (C=O) groups excluding carboxylic acids is 1. The maximum absolute atomic E-state index is 11.9. The topological polar surface area (TPSA) is 101 Å². The first-order valence-corrected chi connectivity index (χ1v) is 8.77. The molecule has 0 bridgehead atoms. The zero-order valence-electron chi connectivity index (χ0n) is 14.7. The number of furan rings is 1. The van der Waals surface area contributed by atoms with E-state index in [4.69, 9.17) is 21.1 Å². The fourth-order valence-corrected chi connectivity index (χ4v) is 2.88. The molecule has 4 aromatic rings. The fourth-order valence-electron chi connectivity index (χ4n) is 2.67. The zero-order chi connectivity index (χ0) is 19.7. The van der Waals surface area contributed by atoms with E-state index >= 15 is 0 Å². The van der Waals surface area contributed by atoms with Crippen molar-refractivity contribution >= 4 is 40.0 Å². The molecule has 7 nitrogen and oxygen atoms in total. The van der Waals surface area contributed by atoms with Crippen LogP contribution >= 0.6 is 12.2 Å². The number of nitrogens with zero attached hydrogens (tertiary/aromatic N) is 1. The van der Waals surface area contributed by atoms with Crippen LogP contribution in [0, 0.1) is 6.92 Å². The number of thiocarbonyl (C=S) groups is 1. The van der Waals surface area contributed by atoms with Gasteiger partial charge in [-0.2, -0.15) is 0 Å². The molecule has 28 heavy (non-hydrogen) atoms. The van der Waals surface area contributed by atoms with Crippen molar-refractivity contribution in [1.82, 2.24) is 10.3 Å². The zero-order valence-corrected chi connectivity index (χ0v) is 15.5. The Morgan fingerprint density at radius 2 is 2.04 bits per heavy atom. The Hall–Kier alpha value is -3.65. The summed E-state index contributed by atoms with van der Waals surface area (Å²) in [5, 5.41) is 15.8. The molecule has 0 saturated carbocycles. The van der Waals surface area contributed by atoms with Gasteiger partial charge in [-0.05, 0) is 61.1 Å². The molecule has 0 spiro atoms. The van der Waals surface area contributed by atoms with Crippen molar-refractivity contribution in [3.63, 3.8) is 0 Å². The lowest BCUT2D eigenvalue weighted by Crippen LogP contribution is -2.33. The highest BCUT2D eigenvalue weighted by molar-refractivity contribution is 7.80. The molecule has 0 aliphatic carbocycles. The second kappa shape index (κ2) is 7.16. The van der Waals surface area contributed by atoms with Crippen LogP contribution in [0.2, 0.25) is 0 Å². The Bertz CT molecular complexity index is 1180. The van der Waals surface area contributed by atoms with Crippen LogP contribution in [-0.4, -0.2) is 21.1 Å². The lowest BCUT2D eigenvalue weighted by atomic mass is 10.2. The smallest absolute Gasteiger partial charge is 0.293 e. The van der Waals surface area contributed by atoms with E-state index < -0.39 is 5.91 Å². The number of carbonyl (C=O) groups is 1. The van der Waals surface area contributed by atoms with E-state index in [1.54, 1.807) is 18.2 Å². The number of hydrogen-bond acceptors (Lipinski definition) is 6. The van der Waals surface area contributed by atoms with Gasteiger partial charge in [-0.3, -0.25) is 10.1 Å². The highest BCUT2D eigenvalue weighted by Crippen LogP contribution is 2.33. The van der Waals surface area contributed by atoms with E-state index in [9.17, 15) is 9.90 Å². The van der Waals surface area contributed by atoms with Crippen LogP contribution in [0.1, 0.15) is 16.1 Å². The van der Waals surface area contributed by atoms with Crippen molar-refractivity contribution in [2.45, 2.75) is 6.92 Å². The van der Waals surface area contributed by atoms with Crippen molar-refractivity contribution in [3.05, 3.63) is 66.1 Å². The molecule has 3 N–H and O–H groups in total. The summed E-state index contributed by atoms with van der Waals surface area (Å²) in [6, 6.07) is 13.7. The lowest BCUT2D eigenvalue weighted by Gasteiger charge is -2.10. The van der Waals surface area contributed by atoms with Crippen LogP contribution in [0.3, 0.4) is 0 Å². The second-order valence-electron chi connectivity index (χ2n) is 6.11. The molecule has 0 aliphatic rings. The molecule has 8 heteroatoms. The molecule has 0 aliphatic heterocycles. The van der Waals surface area contributed by atoms with Gasteiger partial charge >= 0.3 is 0 Å². The van der Waals surface area contributed by atoms with E-state index in [0.29, 0.717) is 28.2 Å². The van der Waals surface area contributed by atoms with Crippen molar-refractivity contribution < 1.29 is 18.7 Å². The third-order valence-electron chi connectivity index (χ3n) is 4.00. The predicted octanol–water partition coefficient (Wildman–Crippen LogP) is 4.23. The van der Waals surface area contributed by atoms with Gasteiger partial charge in [-0.1, -0.05) is 6.07 Å². The SMILES string of the molecule is Cc1ccc2nc(-c3ccc(NC(=S)NC(=O)c4ccco4)cc3O)oc2c1. The summed E-state index contributed by atoms with van der Waals surface area (Å²) in [4.78, 5) is 16.3. The Morgan fingerprint density at radius 1 is 1.18 bits per heavy atom. The molecule has 0 saturated heterocycles. The van der Waals surface area contributed by atoms with Crippen molar-refractivity contribution in [2.24, 2.45) is 0 Å². The van der Waals surface area contributed by atoms with Gasteiger partial charge in [0.1, 0.15) is 11.3 Å². The summed E-state index contributed by atoms with van der Waals surface area (Å²) in [5.41, 5.74) is 3.37. The molecule has 2 heterocycles. The number of aromatic nitrogens is 1. The minimum absolute atomic E-state index is 0.0339. The largest absolute Gasteiger partial charge is 0.507 e. The second-order valence-corrected chi connectivity index (χ2v) is 6.52. The fraction of sp³-hybridized carbons (Fsp3) is 0.0500. The monoisotopic (exact) mass is 393 g/mol. The lowest BCUT2D eigenvalue weighted by molar-refractivity contribution is 0.0950. The van der Waals surface area contributed by atoms with E-state index in [1.165, 1.54) is 18.4 Å². The third-order valence-corrected chi connectivity index (χ3v) is 4.21. The number of aromatic hydroxyl groups is 1. The highest BCUT2D eigenvalue weighted by atomic mass is 32.1. The highest BCUT2D eigenvalue weighted by Gasteiger charge is 2.14. The number of rotatable bonds is 3. The predicted molar refractivity (Wildman–Crippen MR) is 108 cm³/mol. The first kappa shape index (κ1) is 17.7. The van der Waals surface area contributed by atoms with Crippen LogP contribution < -0.4 is 10.6 Å². The number of anilines is 1. The quantitative estimate of drug-likeness (QED) is 0.448. The summed E-state index contributed by atoms with van der Waals surface area (Å²) in [6.07, 6.45) is 1.40. The summed E-state index contributed by atoms with van der Waals surface area (Å²) in [7, 11) is 0. The van der Waals surface area contributed by atoms with E-state index in [1.807, 2.05) is 25.1 Å². The van der Waals surface area contributed by atoms with Gasteiger partial charge in [0.15, 0.2) is 16.5 Å². The normalized spacial score (nSPS) is 10.8. The van der Waals surface area contributed by atoms with Crippen LogP contribution in [0.5, 0.6) is 5.75 Å². The maximum atomic E-state index is 11.9. The number of amides is 1. The Kier molecular flexibility index (Phi) is 4.54. The number of benzene rings is 2. The molecule has 0 unspecified atom stereocenters. The Morgan fingerprint density at radius 3 is 2.79 bits per heavy atom. The first-order valence-electron chi connectivity index (χ1n) is 8.36. The average molecular weight is 393 g/mol. The van der Waals surface area contributed by atoms with Gasteiger partial charge in [-0.15, -0.1) is 0 Å². The van der Waals surface area contributed by atoms with Gasteiger partial charge in [0, 0.05) is 11.8 Å². The minimum atomic E-state index is -0.467. The molecule has 4 rings (SSSR count). The number of oxazole rings is 1. The number of phenolic OH excluding ortho intramolecular Hbond substituents is 1.